The molecule has 5 rings (SSSR count). The third kappa shape index (κ3) is 3.86. The molecule has 1 aliphatic heterocycles. The molecule has 1 unspecified atom stereocenters. The molecule has 1 aromatic heterocycles. The Labute approximate surface area is 207 Å². The number of carbonyl (C=O) groups excluding carboxylic acids is 2. The minimum absolute atomic E-state index is 0.0189. The van der Waals surface area contributed by atoms with Crippen molar-refractivity contribution in [3.05, 3.63) is 110 Å². The van der Waals surface area contributed by atoms with Crippen LogP contribution in [0.15, 0.2) is 75.9 Å². The Morgan fingerprint density at radius 3 is 2.20 bits per heavy atom. The first-order valence-electron chi connectivity index (χ1n) is 11.4. The first kappa shape index (κ1) is 23.1. The number of hydrogen-bond acceptors (Lipinski definition) is 4. The molecule has 1 amide bonds. The Bertz CT molecular complexity index is 1540. The van der Waals surface area contributed by atoms with Crippen molar-refractivity contribution < 1.29 is 14.0 Å². The number of rotatable bonds is 3. The van der Waals surface area contributed by atoms with Crippen LogP contribution in [0.4, 0.5) is 5.69 Å². The van der Waals surface area contributed by atoms with Gasteiger partial charge >= 0.3 is 0 Å². The van der Waals surface area contributed by atoms with E-state index in [4.69, 9.17) is 16.0 Å². The van der Waals surface area contributed by atoms with Gasteiger partial charge in [0, 0.05) is 16.3 Å². The van der Waals surface area contributed by atoms with Crippen LogP contribution in [0.1, 0.15) is 71.3 Å². The standard InChI is InChI=1S/C29H24ClNO4/c1-16(32)17-7-12-21(13-8-17)31-25(18-5-9-19(10-6-18)29(2,3)4)24-26(33)22-15-20(30)11-14-23(22)35-27(24)28(31)34/h5-15,25H,1-4H3. The average molecular weight is 486 g/mol. The van der Waals surface area contributed by atoms with E-state index in [-0.39, 0.29) is 28.0 Å². The Balaban J connectivity index is 1.75. The summed E-state index contributed by atoms with van der Waals surface area (Å²) in [6.45, 7) is 7.88. The number of anilines is 1. The van der Waals surface area contributed by atoms with Crippen LogP contribution in [0.3, 0.4) is 0 Å². The molecule has 5 nitrogen and oxygen atoms in total. The van der Waals surface area contributed by atoms with Crippen LogP contribution < -0.4 is 10.3 Å². The normalized spacial score (nSPS) is 15.5. The van der Waals surface area contributed by atoms with Crippen LogP contribution in [-0.2, 0) is 5.41 Å². The lowest BCUT2D eigenvalue weighted by atomic mass is 9.86. The van der Waals surface area contributed by atoms with Crippen molar-refractivity contribution >= 4 is 39.9 Å². The van der Waals surface area contributed by atoms with E-state index >= 15 is 0 Å². The molecule has 2 heterocycles. The third-order valence-corrected chi connectivity index (χ3v) is 6.71. The third-order valence-electron chi connectivity index (χ3n) is 6.48. The summed E-state index contributed by atoms with van der Waals surface area (Å²) in [6, 6.07) is 18.9. The number of Topliss-reactive ketones (excluding diaryl/α,β-unsaturated/α-hetero) is 1. The topological polar surface area (TPSA) is 67.6 Å². The zero-order valence-corrected chi connectivity index (χ0v) is 20.6. The number of hydrogen-bond donors (Lipinski definition) is 0. The molecule has 0 fully saturated rings. The van der Waals surface area contributed by atoms with E-state index in [9.17, 15) is 14.4 Å². The Morgan fingerprint density at radius 1 is 0.943 bits per heavy atom. The van der Waals surface area contributed by atoms with E-state index in [1.165, 1.54) is 6.92 Å². The number of ketones is 1. The van der Waals surface area contributed by atoms with Crippen molar-refractivity contribution in [3.63, 3.8) is 0 Å². The second-order valence-electron chi connectivity index (χ2n) is 9.87. The van der Waals surface area contributed by atoms with Gasteiger partial charge in [-0.15, -0.1) is 0 Å². The van der Waals surface area contributed by atoms with Gasteiger partial charge in [-0.3, -0.25) is 19.3 Å². The molecule has 0 aliphatic carbocycles. The van der Waals surface area contributed by atoms with Crippen molar-refractivity contribution in [2.45, 2.75) is 39.2 Å². The fourth-order valence-corrected chi connectivity index (χ4v) is 4.72. The Morgan fingerprint density at radius 2 is 1.60 bits per heavy atom. The van der Waals surface area contributed by atoms with Crippen LogP contribution in [0.5, 0.6) is 0 Å². The number of benzene rings is 3. The van der Waals surface area contributed by atoms with Crippen molar-refractivity contribution in [2.75, 3.05) is 4.90 Å². The summed E-state index contributed by atoms with van der Waals surface area (Å²) in [7, 11) is 0. The molecule has 3 aromatic carbocycles. The first-order valence-corrected chi connectivity index (χ1v) is 11.8. The van der Waals surface area contributed by atoms with Crippen molar-refractivity contribution in [3.8, 4) is 0 Å². The Hall–Kier alpha value is -3.70. The highest BCUT2D eigenvalue weighted by molar-refractivity contribution is 6.31. The van der Waals surface area contributed by atoms with Crippen molar-refractivity contribution in [2.24, 2.45) is 0 Å². The zero-order chi connectivity index (χ0) is 25.1. The van der Waals surface area contributed by atoms with Gasteiger partial charge < -0.3 is 4.42 Å². The molecule has 0 spiro atoms. The quantitative estimate of drug-likeness (QED) is 0.303. The number of amides is 1. The lowest BCUT2D eigenvalue weighted by Gasteiger charge is -2.26. The van der Waals surface area contributed by atoms with Crippen molar-refractivity contribution in [1.29, 1.82) is 0 Å². The highest BCUT2D eigenvalue weighted by Gasteiger charge is 2.43. The molecule has 0 bridgehead atoms. The molecule has 176 valence electrons. The number of halogens is 1. The SMILES string of the molecule is CC(=O)c1ccc(N2C(=O)c3oc4ccc(Cl)cc4c(=O)c3C2c2ccc(C(C)(C)C)cc2)cc1. The van der Waals surface area contributed by atoms with Gasteiger partial charge in [-0.05, 0) is 65.9 Å². The number of nitrogens with zero attached hydrogens (tertiary/aromatic N) is 1. The largest absolute Gasteiger partial charge is 0.450 e. The molecular formula is C29H24ClNO4. The highest BCUT2D eigenvalue weighted by Crippen LogP contribution is 2.42. The number of fused-ring (bicyclic) bond motifs is 2. The maximum absolute atomic E-state index is 13.7. The second-order valence-corrected chi connectivity index (χ2v) is 10.3. The maximum Gasteiger partial charge on any atom is 0.295 e. The monoisotopic (exact) mass is 485 g/mol. The molecule has 0 radical (unpaired) electrons. The molecule has 1 atom stereocenters. The summed E-state index contributed by atoms with van der Waals surface area (Å²) in [5.41, 5.74) is 3.29. The van der Waals surface area contributed by atoms with Crippen LogP contribution in [0.2, 0.25) is 5.02 Å². The van der Waals surface area contributed by atoms with E-state index in [1.54, 1.807) is 47.4 Å². The summed E-state index contributed by atoms with van der Waals surface area (Å²) in [5.74, 6) is -0.457. The minimum Gasteiger partial charge on any atom is -0.450 e. The first-order chi connectivity index (χ1) is 16.6. The van der Waals surface area contributed by atoms with E-state index in [2.05, 4.69) is 20.8 Å². The average Bonchev–Trinajstić information content (AvgIpc) is 3.11. The Kier molecular flexibility index (Phi) is 5.41. The van der Waals surface area contributed by atoms with Crippen molar-refractivity contribution in [1.82, 2.24) is 0 Å². The number of carbonyl (C=O) groups is 2. The highest BCUT2D eigenvalue weighted by atomic mass is 35.5. The van der Waals surface area contributed by atoms with Crippen LogP contribution in [-0.4, -0.2) is 11.7 Å². The van der Waals surface area contributed by atoms with Crippen LogP contribution >= 0.6 is 11.6 Å². The summed E-state index contributed by atoms with van der Waals surface area (Å²) < 4.78 is 5.99. The molecule has 0 saturated heterocycles. The van der Waals surface area contributed by atoms with Crippen LogP contribution in [0.25, 0.3) is 11.0 Å². The zero-order valence-electron chi connectivity index (χ0n) is 19.9. The van der Waals surface area contributed by atoms with E-state index in [1.807, 2.05) is 24.3 Å². The molecule has 1 aliphatic rings. The van der Waals surface area contributed by atoms with E-state index < -0.39 is 11.9 Å². The lowest BCUT2D eigenvalue weighted by molar-refractivity contribution is 0.0970. The molecule has 0 N–H and O–H groups in total. The van der Waals surface area contributed by atoms with E-state index in [0.717, 1.165) is 11.1 Å². The maximum atomic E-state index is 13.7. The van der Waals surface area contributed by atoms with Gasteiger partial charge in [0.1, 0.15) is 5.58 Å². The van der Waals surface area contributed by atoms with Gasteiger partial charge in [0.2, 0.25) is 5.76 Å². The summed E-state index contributed by atoms with van der Waals surface area (Å²) in [4.78, 5) is 40.7. The van der Waals surface area contributed by atoms with Gasteiger partial charge in [-0.2, -0.15) is 0 Å². The summed E-state index contributed by atoms with van der Waals surface area (Å²) >= 11 is 6.16. The minimum atomic E-state index is -0.686. The second kappa shape index (κ2) is 8.21. The molecule has 35 heavy (non-hydrogen) atoms. The fourth-order valence-electron chi connectivity index (χ4n) is 4.55. The predicted octanol–water partition coefficient (Wildman–Crippen LogP) is 6.70. The lowest BCUT2D eigenvalue weighted by Crippen LogP contribution is -2.29. The summed E-state index contributed by atoms with van der Waals surface area (Å²) in [6.07, 6.45) is 0. The van der Waals surface area contributed by atoms with Crippen LogP contribution in [0, 0.1) is 0 Å². The van der Waals surface area contributed by atoms with Gasteiger partial charge in [0.25, 0.3) is 5.91 Å². The van der Waals surface area contributed by atoms with Gasteiger partial charge in [0.15, 0.2) is 11.2 Å². The van der Waals surface area contributed by atoms with Gasteiger partial charge in [-0.25, -0.2) is 0 Å². The smallest absolute Gasteiger partial charge is 0.295 e. The molecule has 6 heteroatoms. The molecule has 4 aromatic rings. The van der Waals surface area contributed by atoms with Gasteiger partial charge in [-0.1, -0.05) is 56.6 Å². The predicted molar refractivity (Wildman–Crippen MR) is 138 cm³/mol. The molecule has 0 saturated carbocycles. The summed E-state index contributed by atoms with van der Waals surface area (Å²) in [5, 5.41) is 0.742. The van der Waals surface area contributed by atoms with Gasteiger partial charge in [0.05, 0.1) is 17.0 Å². The van der Waals surface area contributed by atoms with E-state index in [0.29, 0.717) is 27.2 Å². The fraction of sp³-hybridized carbons (Fsp3) is 0.207. The molecular weight excluding hydrogens is 462 g/mol.